The lowest BCUT2D eigenvalue weighted by molar-refractivity contribution is -0.143. The number of aliphatic imine (C=N–C) groups is 1. The summed E-state index contributed by atoms with van der Waals surface area (Å²) in [6.07, 6.45) is 3.17. The van der Waals surface area contributed by atoms with Crippen LogP contribution < -0.4 is 33.2 Å². The number of fused-ring (bicyclic) bond motifs is 1. The summed E-state index contributed by atoms with van der Waals surface area (Å²) in [5, 5.41) is 18.1. The molecule has 13 nitrogen and oxygen atoms in total. The van der Waals surface area contributed by atoms with Gasteiger partial charge in [0, 0.05) is 30.1 Å². The molecule has 0 radical (unpaired) electrons. The number of aromatic amines is 1. The number of rotatable bonds is 15. The number of benzene rings is 1. The van der Waals surface area contributed by atoms with Gasteiger partial charge in [0.25, 0.3) is 0 Å². The van der Waals surface area contributed by atoms with Crippen LogP contribution in [0.2, 0.25) is 0 Å². The quantitative estimate of drug-likeness (QED) is 0.0832. The van der Waals surface area contributed by atoms with Gasteiger partial charge < -0.3 is 43.2 Å². The van der Waals surface area contributed by atoms with Gasteiger partial charge in [-0.2, -0.15) is 0 Å². The van der Waals surface area contributed by atoms with Gasteiger partial charge in [-0.25, -0.2) is 4.79 Å². The van der Waals surface area contributed by atoms with E-state index in [4.69, 9.17) is 17.2 Å². The molecule has 0 aliphatic rings. The molecule has 1 heterocycles. The number of hydrogen-bond donors (Lipinski definition) is 8. The highest BCUT2D eigenvalue weighted by molar-refractivity contribution is 5.93. The monoisotopic (exact) mass is 530 g/mol. The molecule has 0 fully saturated rings. The second-order valence-corrected chi connectivity index (χ2v) is 9.17. The fraction of sp³-hybridized carbons (Fsp3) is 0.480. The summed E-state index contributed by atoms with van der Waals surface area (Å²) in [6, 6.07) is 4.41. The lowest BCUT2D eigenvalue weighted by Crippen LogP contribution is -2.55. The molecule has 1 aromatic heterocycles. The van der Waals surface area contributed by atoms with Crippen molar-refractivity contribution in [1.29, 1.82) is 0 Å². The minimum Gasteiger partial charge on any atom is -0.480 e. The number of aromatic nitrogens is 1. The van der Waals surface area contributed by atoms with Gasteiger partial charge in [-0.1, -0.05) is 38.5 Å². The van der Waals surface area contributed by atoms with E-state index < -0.39 is 48.4 Å². The minimum absolute atomic E-state index is 0.0512. The van der Waals surface area contributed by atoms with E-state index in [0.717, 1.165) is 16.5 Å². The SMILES string of the molecule is CCC(C)C(NC(=O)C(Cc1c[nH]c2ccccc12)NC(=O)CNC(=O)C(N)CCCN=C(N)N)C(=O)O. The van der Waals surface area contributed by atoms with Gasteiger partial charge in [-0.05, 0) is 30.4 Å². The van der Waals surface area contributed by atoms with Crippen LogP contribution in [0.15, 0.2) is 35.5 Å². The number of carboxylic acid groups (broad SMARTS) is 1. The first-order valence-corrected chi connectivity index (χ1v) is 12.5. The number of hydrogen-bond acceptors (Lipinski definition) is 6. The molecular weight excluding hydrogens is 492 g/mol. The van der Waals surface area contributed by atoms with Crippen molar-refractivity contribution in [2.75, 3.05) is 13.1 Å². The molecule has 0 spiro atoms. The molecule has 2 rings (SSSR count). The molecule has 1 aromatic carbocycles. The highest BCUT2D eigenvalue weighted by Gasteiger charge is 2.30. The van der Waals surface area contributed by atoms with E-state index in [1.54, 1.807) is 13.1 Å². The Hall–Kier alpha value is -4.13. The smallest absolute Gasteiger partial charge is 0.326 e. The van der Waals surface area contributed by atoms with Crippen LogP contribution in [-0.4, -0.2) is 71.0 Å². The Morgan fingerprint density at radius 1 is 1.11 bits per heavy atom. The summed E-state index contributed by atoms with van der Waals surface area (Å²) in [4.78, 5) is 56.9. The van der Waals surface area contributed by atoms with Crippen molar-refractivity contribution in [1.82, 2.24) is 20.9 Å². The first-order chi connectivity index (χ1) is 18.0. The van der Waals surface area contributed by atoms with E-state index in [-0.39, 0.29) is 18.3 Å². The molecule has 0 aliphatic carbocycles. The molecule has 0 saturated carbocycles. The van der Waals surface area contributed by atoms with E-state index >= 15 is 0 Å². The van der Waals surface area contributed by atoms with Crippen LogP contribution in [0, 0.1) is 5.92 Å². The van der Waals surface area contributed by atoms with Crippen molar-refractivity contribution >= 4 is 40.6 Å². The van der Waals surface area contributed by atoms with Crippen molar-refractivity contribution in [2.24, 2.45) is 28.1 Å². The maximum Gasteiger partial charge on any atom is 0.326 e. The highest BCUT2D eigenvalue weighted by atomic mass is 16.4. The molecule has 0 aliphatic heterocycles. The summed E-state index contributed by atoms with van der Waals surface area (Å²) >= 11 is 0. The first-order valence-electron chi connectivity index (χ1n) is 12.5. The molecule has 0 saturated heterocycles. The van der Waals surface area contributed by atoms with Crippen molar-refractivity contribution in [2.45, 2.75) is 57.7 Å². The van der Waals surface area contributed by atoms with E-state index in [9.17, 15) is 24.3 Å². The minimum atomic E-state index is -1.16. The Labute approximate surface area is 221 Å². The summed E-state index contributed by atoms with van der Waals surface area (Å²) in [5.41, 5.74) is 18.0. The van der Waals surface area contributed by atoms with E-state index in [0.29, 0.717) is 25.8 Å². The molecule has 3 amide bonds. The zero-order valence-corrected chi connectivity index (χ0v) is 21.7. The van der Waals surface area contributed by atoms with Crippen molar-refractivity contribution < 1.29 is 24.3 Å². The van der Waals surface area contributed by atoms with E-state index in [1.807, 2.05) is 31.2 Å². The number of amides is 3. The number of carboxylic acids is 1. The zero-order valence-electron chi connectivity index (χ0n) is 21.7. The van der Waals surface area contributed by atoms with Gasteiger partial charge in [0.15, 0.2) is 5.96 Å². The number of guanidine groups is 1. The van der Waals surface area contributed by atoms with E-state index in [2.05, 4.69) is 25.9 Å². The van der Waals surface area contributed by atoms with Crippen LogP contribution >= 0.6 is 0 Å². The zero-order chi connectivity index (χ0) is 28.2. The predicted molar refractivity (Wildman–Crippen MR) is 144 cm³/mol. The van der Waals surface area contributed by atoms with Crippen LogP contribution in [0.5, 0.6) is 0 Å². The third-order valence-corrected chi connectivity index (χ3v) is 6.26. The van der Waals surface area contributed by atoms with Crippen molar-refractivity contribution in [3.8, 4) is 0 Å². The molecular formula is C25H38N8O5. The van der Waals surface area contributed by atoms with Gasteiger partial charge in [0.05, 0.1) is 12.6 Å². The molecule has 4 unspecified atom stereocenters. The number of nitrogens with zero attached hydrogens (tertiary/aromatic N) is 1. The van der Waals surface area contributed by atoms with Gasteiger partial charge in [-0.3, -0.25) is 19.4 Å². The molecule has 13 heteroatoms. The lowest BCUT2D eigenvalue weighted by atomic mass is 9.98. The number of carbonyl (C=O) groups excluding carboxylic acids is 3. The second-order valence-electron chi connectivity index (χ2n) is 9.17. The van der Waals surface area contributed by atoms with Crippen molar-refractivity contribution in [3.63, 3.8) is 0 Å². The molecule has 4 atom stereocenters. The molecule has 0 bridgehead atoms. The average molecular weight is 531 g/mol. The topological polar surface area (TPSA) is 231 Å². The Bertz CT molecular complexity index is 1140. The largest absolute Gasteiger partial charge is 0.480 e. The van der Waals surface area contributed by atoms with Gasteiger partial charge in [0.2, 0.25) is 17.7 Å². The van der Waals surface area contributed by atoms with Gasteiger partial charge in [-0.15, -0.1) is 0 Å². The summed E-state index contributed by atoms with van der Waals surface area (Å²) in [7, 11) is 0. The van der Waals surface area contributed by atoms with Crippen LogP contribution in [0.25, 0.3) is 10.9 Å². The normalized spacial score (nSPS) is 14.1. The molecule has 11 N–H and O–H groups in total. The fourth-order valence-corrected chi connectivity index (χ4v) is 3.86. The highest BCUT2D eigenvalue weighted by Crippen LogP contribution is 2.19. The Morgan fingerprint density at radius 2 is 1.82 bits per heavy atom. The van der Waals surface area contributed by atoms with Crippen LogP contribution in [0.1, 0.15) is 38.7 Å². The van der Waals surface area contributed by atoms with Gasteiger partial charge in [0.1, 0.15) is 12.1 Å². The third kappa shape index (κ3) is 9.07. The number of nitrogens with two attached hydrogens (primary N) is 3. The first kappa shape index (κ1) is 30.1. The van der Waals surface area contributed by atoms with Crippen LogP contribution in [0.3, 0.4) is 0 Å². The number of nitrogens with one attached hydrogen (secondary N) is 4. The number of carbonyl (C=O) groups is 4. The molecule has 38 heavy (non-hydrogen) atoms. The Kier molecular flexibility index (Phi) is 11.5. The summed E-state index contributed by atoms with van der Waals surface area (Å²) in [5.74, 6) is -3.34. The van der Waals surface area contributed by atoms with Crippen LogP contribution in [-0.2, 0) is 25.6 Å². The lowest BCUT2D eigenvalue weighted by Gasteiger charge is -2.24. The van der Waals surface area contributed by atoms with E-state index in [1.165, 1.54) is 0 Å². The maximum absolute atomic E-state index is 13.2. The van der Waals surface area contributed by atoms with Crippen molar-refractivity contribution in [3.05, 3.63) is 36.0 Å². The average Bonchev–Trinajstić information content (AvgIpc) is 3.29. The molecule has 208 valence electrons. The second kappa shape index (κ2) is 14.6. The fourth-order valence-electron chi connectivity index (χ4n) is 3.86. The van der Waals surface area contributed by atoms with Gasteiger partial charge >= 0.3 is 5.97 Å². The standard InChI is InChI=1S/C25H38N8O5/c1-3-14(2)21(24(37)38)33-23(36)19(11-15-12-30-18-9-5-4-7-16(15)18)32-20(34)13-31-22(35)17(26)8-6-10-29-25(27)28/h4-5,7,9,12,14,17,19,21,30H,3,6,8,10-11,13,26H2,1-2H3,(H,31,35)(H,32,34)(H,33,36)(H,37,38)(H4,27,28,29). The maximum atomic E-state index is 13.2. The van der Waals surface area contributed by atoms with Crippen LogP contribution in [0.4, 0.5) is 0 Å². The predicted octanol–water partition coefficient (Wildman–Crippen LogP) is -0.692. The Balaban J connectivity index is 2.07. The summed E-state index contributed by atoms with van der Waals surface area (Å²) < 4.78 is 0. The summed E-state index contributed by atoms with van der Waals surface area (Å²) in [6.45, 7) is 3.46. The number of H-pyrrole nitrogens is 1. The molecule has 2 aromatic rings. The number of para-hydroxylation sites is 1. The third-order valence-electron chi connectivity index (χ3n) is 6.26. The Morgan fingerprint density at radius 3 is 2.47 bits per heavy atom. The number of aliphatic carboxylic acids is 1.